The summed E-state index contributed by atoms with van der Waals surface area (Å²) >= 11 is 0. The van der Waals surface area contributed by atoms with E-state index in [1.54, 1.807) is 0 Å². The predicted molar refractivity (Wildman–Crippen MR) is 74.7 cm³/mol. The number of rotatable bonds is 2. The van der Waals surface area contributed by atoms with Gasteiger partial charge in [0.15, 0.2) is 0 Å². The number of nitrogens with zero attached hydrogens (tertiary/aromatic N) is 3. The number of benzene rings is 1. The Hall–Kier alpha value is -2.30. The molecule has 0 fully saturated rings. The van der Waals surface area contributed by atoms with Gasteiger partial charge in [-0.3, -0.25) is 4.68 Å². The van der Waals surface area contributed by atoms with Gasteiger partial charge in [-0.2, -0.15) is 5.10 Å². The minimum Gasteiger partial charge on any atom is -0.367 e. The molecule has 0 saturated carbocycles. The molecule has 0 aliphatic rings. The maximum atomic E-state index is 5.87. The van der Waals surface area contributed by atoms with E-state index < -0.39 is 0 Å². The monoisotopic (exact) mass is 256 g/mol. The number of para-hydroxylation sites is 1. The summed E-state index contributed by atoms with van der Waals surface area (Å²) in [7, 11) is 1.92. The maximum absolute atomic E-state index is 5.87. The highest BCUT2D eigenvalue weighted by Gasteiger charge is 2.22. The quantitative estimate of drug-likeness (QED) is 0.765. The standard InChI is InChI=1S/C14H16N4O/c1-8(2)11-13(17-19-14(11)15)12-9-6-4-5-7-10(9)18(3)16-12/h4-8H,15H2,1-3H3. The van der Waals surface area contributed by atoms with Crippen molar-refractivity contribution >= 4 is 16.8 Å². The van der Waals surface area contributed by atoms with Crippen LogP contribution in [-0.4, -0.2) is 14.9 Å². The van der Waals surface area contributed by atoms with Crippen LogP contribution in [0.5, 0.6) is 0 Å². The molecule has 0 saturated heterocycles. The van der Waals surface area contributed by atoms with Crippen molar-refractivity contribution in [2.24, 2.45) is 7.05 Å². The van der Waals surface area contributed by atoms with E-state index in [0.29, 0.717) is 5.88 Å². The second-order valence-electron chi connectivity index (χ2n) is 4.95. The SMILES string of the molecule is CC(C)c1c(-c2nn(C)c3ccccc23)noc1N. The predicted octanol–water partition coefficient (Wildman–Crippen LogP) is 2.93. The summed E-state index contributed by atoms with van der Waals surface area (Å²) in [6.07, 6.45) is 0. The fourth-order valence-electron chi connectivity index (χ4n) is 2.43. The van der Waals surface area contributed by atoms with Crippen LogP contribution < -0.4 is 5.73 Å². The molecule has 1 aromatic carbocycles. The summed E-state index contributed by atoms with van der Waals surface area (Å²) in [5.41, 5.74) is 9.41. The fraction of sp³-hybridized carbons (Fsp3) is 0.286. The van der Waals surface area contributed by atoms with Gasteiger partial charge < -0.3 is 10.3 Å². The van der Waals surface area contributed by atoms with Crippen LogP contribution in [-0.2, 0) is 7.05 Å². The van der Waals surface area contributed by atoms with E-state index in [0.717, 1.165) is 27.9 Å². The smallest absolute Gasteiger partial charge is 0.226 e. The molecule has 0 aliphatic carbocycles. The third kappa shape index (κ3) is 1.69. The lowest BCUT2D eigenvalue weighted by Gasteiger charge is -2.03. The van der Waals surface area contributed by atoms with Gasteiger partial charge in [0, 0.05) is 18.0 Å². The molecule has 0 spiro atoms. The van der Waals surface area contributed by atoms with Crippen LogP contribution in [0.4, 0.5) is 5.88 Å². The number of hydrogen-bond donors (Lipinski definition) is 1. The third-order valence-corrected chi connectivity index (χ3v) is 3.32. The zero-order valence-corrected chi connectivity index (χ0v) is 11.2. The summed E-state index contributed by atoms with van der Waals surface area (Å²) in [5.74, 6) is 0.613. The highest BCUT2D eigenvalue weighted by Crippen LogP contribution is 2.35. The third-order valence-electron chi connectivity index (χ3n) is 3.32. The summed E-state index contributed by atoms with van der Waals surface area (Å²) in [6, 6.07) is 8.05. The number of hydrogen-bond acceptors (Lipinski definition) is 4. The molecule has 5 nitrogen and oxygen atoms in total. The molecule has 98 valence electrons. The molecule has 2 heterocycles. The Balaban J connectivity index is 2.31. The first-order valence-electron chi connectivity index (χ1n) is 6.26. The molecule has 2 N–H and O–H groups in total. The van der Waals surface area contributed by atoms with Crippen LogP contribution in [0.2, 0.25) is 0 Å². The zero-order chi connectivity index (χ0) is 13.6. The van der Waals surface area contributed by atoms with Crippen molar-refractivity contribution < 1.29 is 4.52 Å². The van der Waals surface area contributed by atoms with Gasteiger partial charge in [-0.15, -0.1) is 0 Å². The Morgan fingerprint density at radius 3 is 2.68 bits per heavy atom. The van der Waals surface area contributed by atoms with Gasteiger partial charge >= 0.3 is 0 Å². The van der Waals surface area contributed by atoms with Crippen molar-refractivity contribution in [3.63, 3.8) is 0 Å². The van der Waals surface area contributed by atoms with Gasteiger partial charge in [-0.25, -0.2) is 0 Å². The highest BCUT2D eigenvalue weighted by molar-refractivity contribution is 5.93. The average Bonchev–Trinajstić information content (AvgIpc) is 2.91. The minimum atomic E-state index is 0.238. The molecule has 3 rings (SSSR count). The Morgan fingerprint density at radius 2 is 1.95 bits per heavy atom. The normalized spacial score (nSPS) is 11.6. The van der Waals surface area contributed by atoms with Crippen molar-refractivity contribution in [1.29, 1.82) is 0 Å². The Kier molecular flexibility index (Phi) is 2.55. The van der Waals surface area contributed by atoms with E-state index in [4.69, 9.17) is 10.3 Å². The van der Waals surface area contributed by atoms with Crippen molar-refractivity contribution in [3.8, 4) is 11.4 Å². The second-order valence-corrected chi connectivity index (χ2v) is 4.95. The maximum Gasteiger partial charge on any atom is 0.226 e. The number of aryl methyl sites for hydroxylation is 1. The van der Waals surface area contributed by atoms with E-state index >= 15 is 0 Å². The van der Waals surface area contributed by atoms with Gasteiger partial charge in [-0.1, -0.05) is 37.2 Å². The Labute approximate surface area is 111 Å². The molecule has 0 aliphatic heterocycles. The van der Waals surface area contributed by atoms with Crippen molar-refractivity contribution in [2.75, 3.05) is 5.73 Å². The molecule has 0 bridgehead atoms. The zero-order valence-electron chi connectivity index (χ0n) is 11.2. The first kappa shape index (κ1) is 11.8. The van der Waals surface area contributed by atoms with Gasteiger partial charge in [0.05, 0.1) is 5.52 Å². The van der Waals surface area contributed by atoms with Crippen LogP contribution >= 0.6 is 0 Å². The summed E-state index contributed by atoms with van der Waals surface area (Å²) in [5, 5.41) is 9.71. The molecule has 0 amide bonds. The van der Waals surface area contributed by atoms with E-state index in [1.807, 2.05) is 36.0 Å². The van der Waals surface area contributed by atoms with Gasteiger partial charge in [0.1, 0.15) is 11.4 Å². The average molecular weight is 256 g/mol. The Bertz CT molecular complexity index is 739. The van der Waals surface area contributed by atoms with E-state index in [1.165, 1.54) is 0 Å². The lowest BCUT2D eigenvalue weighted by atomic mass is 10.0. The van der Waals surface area contributed by atoms with E-state index in [-0.39, 0.29) is 5.92 Å². The molecular weight excluding hydrogens is 240 g/mol. The molecule has 5 heteroatoms. The summed E-state index contributed by atoms with van der Waals surface area (Å²) < 4.78 is 6.99. The lowest BCUT2D eigenvalue weighted by molar-refractivity contribution is 0.438. The molecule has 0 atom stereocenters. The largest absolute Gasteiger partial charge is 0.367 e. The van der Waals surface area contributed by atoms with E-state index in [2.05, 4.69) is 24.1 Å². The van der Waals surface area contributed by atoms with Crippen molar-refractivity contribution in [3.05, 3.63) is 29.8 Å². The molecule has 19 heavy (non-hydrogen) atoms. The molecule has 0 radical (unpaired) electrons. The first-order valence-corrected chi connectivity index (χ1v) is 6.26. The molecule has 0 unspecified atom stereocenters. The molecule has 3 aromatic rings. The van der Waals surface area contributed by atoms with Gasteiger partial charge in [0.25, 0.3) is 0 Å². The summed E-state index contributed by atoms with van der Waals surface area (Å²) in [6.45, 7) is 4.13. The molecular formula is C14H16N4O. The second kappa shape index (κ2) is 4.12. The van der Waals surface area contributed by atoms with E-state index in [9.17, 15) is 0 Å². The number of anilines is 1. The van der Waals surface area contributed by atoms with Crippen LogP contribution in [0, 0.1) is 0 Å². The van der Waals surface area contributed by atoms with Crippen molar-refractivity contribution in [2.45, 2.75) is 19.8 Å². The Morgan fingerprint density at radius 1 is 1.21 bits per heavy atom. The van der Waals surface area contributed by atoms with Crippen LogP contribution in [0.15, 0.2) is 28.8 Å². The first-order chi connectivity index (χ1) is 9.09. The summed E-state index contributed by atoms with van der Waals surface area (Å²) in [4.78, 5) is 0. The van der Waals surface area contributed by atoms with Crippen molar-refractivity contribution in [1.82, 2.24) is 14.9 Å². The molecule has 2 aromatic heterocycles. The van der Waals surface area contributed by atoms with Crippen LogP contribution in [0.3, 0.4) is 0 Å². The number of aromatic nitrogens is 3. The van der Waals surface area contributed by atoms with Crippen LogP contribution in [0.25, 0.3) is 22.3 Å². The number of fused-ring (bicyclic) bond motifs is 1. The number of nitrogen functional groups attached to an aromatic ring is 1. The van der Waals surface area contributed by atoms with Gasteiger partial charge in [0.2, 0.25) is 5.88 Å². The number of nitrogens with two attached hydrogens (primary N) is 1. The highest BCUT2D eigenvalue weighted by atomic mass is 16.5. The van der Waals surface area contributed by atoms with Crippen LogP contribution in [0.1, 0.15) is 25.3 Å². The lowest BCUT2D eigenvalue weighted by Crippen LogP contribution is -1.96. The fourth-order valence-corrected chi connectivity index (χ4v) is 2.43. The topological polar surface area (TPSA) is 69.9 Å². The van der Waals surface area contributed by atoms with Gasteiger partial charge in [-0.05, 0) is 12.0 Å². The minimum absolute atomic E-state index is 0.238.